The van der Waals surface area contributed by atoms with Gasteiger partial charge >= 0.3 is 28.2 Å². The average molecular weight is 350 g/mol. The Hall–Kier alpha value is -2.41. The lowest BCUT2D eigenvalue weighted by molar-refractivity contribution is -0.176. The summed E-state index contributed by atoms with van der Waals surface area (Å²) >= 11 is 0. The lowest BCUT2D eigenvalue weighted by Crippen LogP contribution is -2.72. The fraction of sp³-hybridized carbons (Fsp3) is 0.600. The highest BCUT2D eigenvalue weighted by atomic mass is 32.2. The fourth-order valence-corrected chi connectivity index (χ4v) is 3.02. The average Bonchev–Trinajstić information content (AvgIpc) is 2.44. The number of carboxylic acid groups (broad SMARTS) is 1. The first-order valence-corrected chi connectivity index (χ1v) is 7.91. The number of likely N-dealkylation sites (N-methyl/N-ethyl adjacent to an activating group) is 1. The SMILES string of the molecule is CCN1CCN(N(C(=O)O)C2CN(S(=O)(=O)O)C2=O)C(=O)C1=O. The molecule has 23 heavy (non-hydrogen) atoms. The van der Waals surface area contributed by atoms with Crippen LogP contribution < -0.4 is 0 Å². The number of rotatable bonds is 4. The third kappa shape index (κ3) is 2.79. The lowest BCUT2D eigenvalue weighted by atomic mass is 10.1. The molecule has 1 atom stereocenters. The molecule has 2 aliphatic rings. The Morgan fingerprint density at radius 1 is 1.26 bits per heavy atom. The molecule has 2 fully saturated rings. The van der Waals surface area contributed by atoms with Crippen LogP contribution >= 0.6 is 0 Å². The van der Waals surface area contributed by atoms with Crippen LogP contribution in [0.3, 0.4) is 0 Å². The Labute approximate surface area is 130 Å². The number of carbonyl (C=O) groups excluding carboxylic acids is 3. The zero-order valence-corrected chi connectivity index (χ0v) is 12.8. The number of hydrogen-bond acceptors (Lipinski definition) is 6. The first-order chi connectivity index (χ1) is 10.6. The Morgan fingerprint density at radius 2 is 1.87 bits per heavy atom. The van der Waals surface area contributed by atoms with Crippen LogP contribution in [0.25, 0.3) is 0 Å². The van der Waals surface area contributed by atoms with E-state index in [9.17, 15) is 32.7 Å². The molecule has 4 amide bonds. The first kappa shape index (κ1) is 17.0. The highest BCUT2D eigenvalue weighted by molar-refractivity contribution is 7.84. The third-order valence-electron chi connectivity index (χ3n) is 3.57. The second kappa shape index (κ2) is 5.66. The van der Waals surface area contributed by atoms with Gasteiger partial charge in [0.15, 0.2) is 6.04 Å². The molecule has 128 valence electrons. The minimum absolute atomic E-state index is 0.0716. The molecule has 0 radical (unpaired) electrons. The van der Waals surface area contributed by atoms with Gasteiger partial charge in [-0.25, -0.2) is 19.1 Å². The highest BCUT2D eigenvalue weighted by Gasteiger charge is 2.52. The van der Waals surface area contributed by atoms with Crippen LogP contribution in [0, 0.1) is 0 Å². The lowest BCUT2D eigenvalue weighted by Gasteiger charge is -2.46. The summed E-state index contributed by atoms with van der Waals surface area (Å²) in [5.41, 5.74) is 0. The monoisotopic (exact) mass is 350 g/mol. The summed E-state index contributed by atoms with van der Waals surface area (Å²) in [7, 11) is -4.79. The van der Waals surface area contributed by atoms with Crippen LogP contribution in [0.15, 0.2) is 0 Å². The number of β-lactam (4-membered cyclic amide) rings is 1. The largest absolute Gasteiger partial charge is 0.464 e. The molecule has 0 aliphatic carbocycles. The van der Waals surface area contributed by atoms with Crippen molar-refractivity contribution in [2.24, 2.45) is 0 Å². The minimum Gasteiger partial charge on any atom is -0.464 e. The molecule has 0 aromatic carbocycles. The molecule has 0 spiro atoms. The second-order valence-corrected chi connectivity index (χ2v) is 6.14. The van der Waals surface area contributed by atoms with Gasteiger partial charge in [-0.2, -0.15) is 8.42 Å². The van der Waals surface area contributed by atoms with Crippen molar-refractivity contribution in [2.45, 2.75) is 13.0 Å². The molecule has 2 saturated heterocycles. The van der Waals surface area contributed by atoms with Crippen molar-refractivity contribution in [2.75, 3.05) is 26.2 Å². The fourth-order valence-electron chi connectivity index (χ4n) is 2.35. The summed E-state index contributed by atoms with van der Waals surface area (Å²) in [6.45, 7) is 1.20. The third-order valence-corrected chi connectivity index (χ3v) is 4.45. The number of hydrogen-bond donors (Lipinski definition) is 2. The summed E-state index contributed by atoms with van der Waals surface area (Å²) < 4.78 is 30.6. The van der Waals surface area contributed by atoms with Crippen molar-refractivity contribution >= 4 is 34.1 Å². The van der Waals surface area contributed by atoms with Crippen molar-refractivity contribution < 1.29 is 37.3 Å². The van der Waals surface area contributed by atoms with Crippen LogP contribution in [-0.4, -0.2) is 93.3 Å². The molecular formula is C10H14N4O8S. The molecule has 2 aliphatic heterocycles. The summed E-state index contributed by atoms with van der Waals surface area (Å²) in [4.78, 5) is 48.2. The summed E-state index contributed by atoms with van der Waals surface area (Å²) in [5, 5.41) is 10.1. The van der Waals surface area contributed by atoms with Gasteiger partial charge in [-0.1, -0.05) is 0 Å². The number of nitrogens with zero attached hydrogens (tertiary/aromatic N) is 4. The Kier molecular flexibility index (Phi) is 4.17. The maximum absolute atomic E-state index is 12.0. The molecule has 1 unspecified atom stereocenters. The van der Waals surface area contributed by atoms with E-state index in [-0.39, 0.29) is 23.9 Å². The van der Waals surface area contributed by atoms with E-state index in [0.29, 0.717) is 10.0 Å². The first-order valence-electron chi connectivity index (χ1n) is 6.51. The number of piperazine rings is 1. The summed E-state index contributed by atoms with van der Waals surface area (Å²) in [6.07, 6.45) is -1.69. The molecule has 0 saturated carbocycles. The summed E-state index contributed by atoms with van der Waals surface area (Å²) in [5.74, 6) is -3.24. The molecule has 0 aromatic heterocycles. The molecule has 2 rings (SSSR count). The van der Waals surface area contributed by atoms with E-state index in [1.165, 1.54) is 4.90 Å². The van der Waals surface area contributed by atoms with Gasteiger partial charge in [0.25, 0.3) is 5.91 Å². The van der Waals surface area contributed by atoms with Gasteiger partial charge in [-0.3, -0.25) is 18.9 Å². The van der Waals surface area contributed by atoms with Gasteiger partial charge in [0, 0.05) is 13.1 Å². The molecule has 2 N–H and O–H groups in total. The molecular weight excluding hydrogens is 336 g/mol. The van der Waals surface area contributed by atoms with Crippen molar-refractivity contribution in [3.63, 3.8) is 0 Å². The Morgan fingerprint density at radius 3 is 2.30 bits per heavy atom. The van der Waals surface area contributed by atoms with Gasteiger partial charge in [0.05, 0.1) is 13.1 Å². The maximum atomic E-state index is 12.0. The Bertz CT molecular complexity index is 676. The van der Waals surface area contributed by atoms with Crippen LogP contribution in [0.1, 0.15) is 6.92 Å². The van der Waals surface area contributed by atoms with Crippen LogP contribution in [0.5, 0.6) is 0 Å². The van der Waals surface area contributed by atoms with Crippen molar-refractivity contribution in [3.05, 3.63) is 0 Å². The van der Waals surface area contributed by atoms with Crippen molar-refractivity contribution in [3.8, 4) is 0 Å². The maximum Gasteiger partial charge on any atom is 0.427 e. The van der Waals surface area contributed by atoms with E-state index in [0.717, 1.165) is 0 Å². The molecule has 13 heteroatoms. The zero-order chi connectivity index (χ0) is 17.5. The predicted molar refractivity (Wildman–Crippen MR) is 70.9 cm³/mol. The molecule has 0 bridgehead atoms. The van der Waals surface area contributed by atoms with E-state index >= 15 is 0 Å². The number of amides is 4. The normalized spacial score (nSPS) is 22.3. The Balaban J connectivity index is 2.22. The van der Waals surface area contributed by atoms with E-state index in [1.54, 1.807) is 6.92 Å². The number of hydrazine groups is 1. The van der Waals surface area contributed by atoms with Crippen molar-refractivity contribution in [1.82, 2.24) is 19.2 Å². The van der Waals surface area contributed by atoms with Crippen LogP contribution in [0.2, 0.25) is 0 Å². The van der Waals surface area contributed by atoms with Gasteiger partial charge in [-0.05, 0) is 6.92 Å². The van der Waals surface area contributed by atoms with Gasteiger partial charge in [-0.15, -0.1) is 0 Å². The minimum atomic E-state index is -4.79. The molecule has 0 aromatic rings. The van der Waals surface area contributed by atoms with Crippen molar-refractivity contribution in [1.29, 1.82) is 0 Å². The summed E-state index contributed by atoms with van der Waals surface area (Å²) in [6, 6.07) is -1.50. The molecule has 12 nitrogen and oxygen atoms in total. The van der Waals surface area contributed by atoms with Gasteiger partial charge < -0.3 is 10.0 Å². The number of carbonyl (C=O) groups is 4. The van der Waals surface area contributed by atoms with E-state index < -0.39 is 46.7 Å². The topological polar surface area (TPSA) is 156 Å². The van der Waals surface area contributed by atoms with Crippen LogP contribution in [-0.2, 0) is 24.7 Å². The predicted octanol–water partition coefficient (Wildman–Crippen LogP) is -2.41. The van der Waals surface area contributed by atoms with E-state index in [1.807, 2.05) is 0 Å². The second-order valence-electron chi connectivity index (χ2n) is 4.80. The van der Waals surface area contributed by atoms with Gasteiger partial charge in [0.1, 0.15) is 0 Å². The smallest absolute Gasteiger partial charge is 0.427 e. The van der Waals surface area contributed by atoms with E-state index in [2.05, 4.69) is 0 Å². The standard InChI is InChI=1S/C10H14N4O8S/c1-2-11-3-4-12(9(17)8(11)16)14(10(18)19)6-5-13(7(6)15)23(20,21)22/h6H,2-5H2,1H3,(H,18,19)(H,20,21,22). The highest BCUT2D eigenvalue weighted by Crippen LogP contribution is 2.23. The van der Waals surface area contributed by atoms with E-state index in [4.69, 9.17) is 4.55 Å². The zero-order valence-electron chi connectivity index (χ0n) is 11.9. The van der Waals surface area contributed by atoms with Gasteiger partial charge in [0.2, 0.25) is 0 Å². The van der Waals surface area contributed by atoms with Crippen LogP contribution in [0.4, 0.5) is 4.79 Å². The molecule has 2 heterocycles. The quantitative estimate of drug-likeness (QED) is 0.322.